The monoisotopic (exact) mass is 218 g/mol. The number of allylic oxidation sites excluding steroid dienone is 3. The highest BCUT2D eigenvalue weighted by molar-refractivity contribution is 5.30. The highest BCUT2D eigenvalue weighted by Crippen LogP contribution is 1.95. The molecule has 0 aromatic heterocycles. The second kappa shape index (κ2) is 11.6. The number of aliphatic hydroxyl groups excluding tert-OH is 2. The third-order valence-electron chi connectivity index (χ3n) is 1.67. The summed E-state index contributed by atoms with van der Waals surface area (Å²) >= 11 is 0. The molecule has 0 saturated carbocycles. The van der Waals surface area contributed by atoms with Gasteiger partial charge in [0.05, 0.1) is 6.10 Å². The molecule has 0 amide bonds. The molecule has 16 heavy (non-hydrogen) atoms. The van der Waals surface area contributed by atoms with Gasteiger partial charge in [-0.3, -0.25) is 0 Å². The standard InChI is InChI=1S/C14H18O2/c1-2-3-4-5-6-8-11-14(16)12-9-7-10-13-15/h2-3,9,12,14-16H,7,10-11,13H2,1H3. The lowest BCUT2D eigenvalue weighted by molar-refractivity contribution is 0.228. The summed E-state index contributed by atoms with van der Waals surface area (Å²) in [4.78, 5) is 0. The van der Waals surface area contributed by atoms with E-state index in [9.17, 15) is 5.11 Å². The molecule has 0 spiro atoms. The van der Waals surface area contributed by atoms with Gasteiger partial charge in [-0.05, 0) is 37.7 Å². The van der Waals surface area contributed by atoms with Crippen LogP contribution < -0.4 is 0 Å². The third kappa shape index (κ3) is 10.6. The Bertz CT molecular complexity index is 331. The molecule has 0 rings (SSSR count). The first-order chi connectivity index (χ1) is 7.81. The molecule has 2 nitrogen and oxygen atoms in total. The van der Waals surface area contributed by atoms with Gasteiger partial charge < -0.3 is 10.2 Å². The Labute approximate surface area is 97.7 Å². The normalized spacial score (nSPS) is 11.9. The zero-order chi connectivity index (χ0) is 12.1. The van der Waals surface area contributed by atoms with Crippen molar-refractivity contribution in [2.45, 2.75) is 32.3 Å². The second-order valence-electron chi connectivity index (χ2n) is 3.14. The van der Waals surface area contributed by atoms with Crippen LogP contribution in [0.15, 0.2) is 24.3 Å². The fraction of sp³-hybridized carbons (Fsp3) is 0.429. The second-order valence-corrected chi connectivity index (χ2v) is 3.14. The largest absolute Gasteiger partial charge is 0.396 e. The smallest absolute Gasteiger partial charge is 0.0830 e. The summed E-state index contributed by atoms with van der Waals surface area (Å²) in [5.41, 5.74) is 0. The Kier molecular flexibility index (Phi) is 10.5. The van der Waals surface area contributed by atoms with Crippen LogP contribution in [0.2, 0.25) is 0 Å². The van der Waals surface area contributed by atoms with Gasteiger partial charge in [0, 0.05) is 13.0 Å². The quantitative estimate of drug-likeness (QED) is 0.418. The van der Waals surface area contributed by atoms with Gasteiger partial charge in [-0.2, -0.15) is 0 Å². The van der Waals surface area contributed by atoms with E-state index in [1.165, 1.54) is 0 Å². The molecule has 0 radical (unpaired) electrons. The van der Waals surface area contributed by atoms with Crippen LogP contribution in [-0.2, 0) is 0 Å². The zero-order valence-corrected chi connectivity index (χ0v) is 9.61. The van der Waals surface area contributed by atoms with Crippen molar-refractivity contribution in [2.75, 3.05) is 6.61 Å². The number of unbranched alkanes of at least 4 members (excludes halogenated alkanes) is 1. The minimum Gasteiger partial charge on any atom is -0.396 e. The Morgan fingerprint density at radius 1 is 1.31 bits per heavy atom. The number of hydrogen-bond acceptors (Lipinski definition) is 2. The molecule has 0 aliphatic rings. The Morgan fingerprint density at radius 3 is 2.81 bits per heavy atom. The summed E-state index contributed by atoms with van der Waals surface area (Å²) in [6, 6.07) is 0. The van der Waals surface area contributed by atoms with E-state index in [4.69, 9.17) is 5.11 Å². The fourth-order valence-electron chi connectivity index (χ4n) is 0.891. The van der Waals surface area contributed by atoms with E-state index in [0.717, 1.165) is 12.8 Å². The molecule has 1 atom stereocenters. The average Bonchev–Trinajstić information content (AvgIpc) is 2.29. The molecule has 2 heteroatoms. The minimum absolute atomic E-state index is 0.181. The van der Waals surface area contributed by atoms with Crippen molar-refractivity contribution in [3.05, 3.63) is 24.3 Å². The first-order valence-corrected chi connectivity index (χ1v) is 5.36. The average molecular weight is 218 g/mol. The Balaban J connectivity index is 3.76. The van der Waals surface area contributed by atoms with Crippen LogP contribution in [0.5, 0.6) is 0 Å². The summed E-state index contributed by atoms with van der Waals surface area (Å²) in [6.07, 6.45) is 8.46. The molecule has 2 N–H and O–H groups in total. The van der Waals surface area contributed by atoms with E-state index < -0.39 is 6.10 Å². The first-order valence-electron chi connectivity index (χ1n) is 5.36. The topological polar surface area (TPSA) is 40.5 Å². The zero-order valence-electron chi connectivity index (χ0n) is 9.61. The summed E-state index contributed by atoms with van der Waals surface area (Å²) in [5, 5.41) is 18.0. The fourth-order valence-corrected chi connectivity index (χ4v) is 0.891. The van der Waals surface area contributed by atoms with Gasteiger partial charge in [0.25, 0.3) is 0 Å². The molecule has 1 unspecified atom stereocenters. The molecule has 0 saturated heterocycles. The summed E-state index contributed by atoms with van der Waals surface area (Å²) < 4.78 is 0. The van der Waals surface area contributed by atoms with Crippen molar-refractivity contribution >= 4 is 0 Å². The van der Waals surface area contributed by atoms with Crippen molar-refractivity contribution in [2.24, 2.45) is 0 Å². The summed E-state index contributed by atoms with van der Waals surface area (Å²) in [6.45, 7) is 2.07. The molecule has 0 bridgehead atoms. The highest BCUT2D eigenvalue weighted by Gasteiger charge is 1.93. The van der Waals surface area contributed by atoms with Crippen molar-refractivity contribution in [3.8, 4) is 23.7 Å². The van der Waals surface area contributed by atoms with Crippen LogP contribution in [0, 0.1) is 23.7 Å². The molecule has 0 aliphatic heterocycles. The minimum atomic E-state index is -0.547. The Morgan fingerprint density at radius 2 is 2.12 bits per heavy atom. The SMILES string of the molecule is CC=CC#CC#CCC(O)C=CCCCO. The molecule has 0 aromatic carbocycles. The van der Waals surface area contributed by atoms with Gasteiger partial charge >= 0.3 is 0 Å². The van der Waals surface area contributed by atoms with Gasteiger partial charge in [0.1, 0.15) is 0 Å². The lowest BCUT2D eigenvalue weighted by Gasteiger charge is -1.97. The molecule has 0 aliphatic carbocycles. The summed E-state index contributed by atoms with van der Waals surface area (Å²) in [5.74, 6) is 10.8. The Hall–Kier alpha value is -1.48. The number of rotatable bonds is 5. The van der Waals surface area contributed by atoms with Crippen molar-refractivity contribution in [3.63, 3.8) is 0 Å². The first kappa shape index (κ1) is 14.5. The highest BCUT2D eigenvalue weighted by atomic mass is 16.3. The van der Waals surface area contributed by atoms with Crippen molar-refractivity contribution < 1.29 is 10.2 Å². The summed E-state index contributed by atoms with van der Waals surface area (Å²) in [7, 11) is 0. The number of hydrogen-bond donors (Lipinski definition) is 2. The number of aliphatic hydroxyl groups is 2. The van der Waals surface area contributed by atoms with Crippen molar-refractivity contribution in [1.82, 2.24) is 0 Å². The van der Waals surface area contributed by atoms with Crippen LogP contribution in [0.25, 0.3) is 0 Å². The van der Waals surface area contributed by atoms with Gasteiger partial charge in [-0.1, -0.05) is 30.1 Å². The lowest BCUT2D eigenvalue weighted by Crippen LogP contribution is -1.99. The van der Waals surface area contributed by atoms with E-state index in [0.29, 0.717) is 6.42 Å². The van der Waals surface area contributed by atoms with Gasteiger partial charge in [0.2, 0.25) is 0 Å². The molecule has 0 fully saturated rings. The van der Waals surface area contributed by atoms with Crippen LogP contribution >= 0.6 is 0 Å². The van der Waals surface area contributed by atoms with Gasteiger partial charge in [0.15, 0.2) is 0 Å². The molecule has 86 valence electrons. The maximum Gasteiger partial charge on any atom is 0.0830 e. The molecular weight excluding hydrogens is 200 g/mol. The van der Waals surface area contributed by atoms with Gasteiger partial charge in [-0.25, -0.2) is 0 Å². The predicted octanol–water partition coefficient (Wildman–Crippen LogP) is 1.65. The van der Waals surface area contributed by atoms with E-state index in [2.05, 4.69) is 23.7 Å². The maximum absolute atomic E-state index is 9.44. The lowest BCUT2D eigenvalue weighted by atomic mass is 10.2. The van der Waals surface area contributed by atoms with E-state index >= 15 is 0 Å². The van der Waals surface area contributed by atoms with E-state index in [1.54, 1.807) is 12.2 Å². The van der Waals surface area contributed by atoms with Crippen LogP contribution in [0.3, 0.4) is 0 Å². The molecule has 0 aromatic rings. The predicted molar refractivity (Wildman–Crippen MR) is 66.4 cm³/mol. The van der Waals surface area contributed by atoms with E-state index in [-0.39, 0.29) is 6.61 Å². The van der Waals surface area contributed by atoms with Gasteiger partial charge in [-0.15, -0.1) is 0 Å². The maximum atomic E-state index is 9.44. The van der Waals surface area contributed by atoms with Crippen molar-refractivity contribution in [1.29, 1.82) is 0 Å². The van der Waals surface area contributed by atoms with Crippen LogP contribution in [0.1, 0.15) is 26.2 Å². The molecule has 0 heterocycles. The van der Waals surface area contributed by atoms with E-state index in [1.807, 2.05) is 19.1 Å². The van der Waals surface area contributed by atoms with Crippen LogP contribution in [-0.4, -0.2) is 22.9 Å². The molecular formula is C14H18O2. The van der Waals surface area contributed by atoms with Crippen LogP contribution in [0.4, 0.5) is 0 Å². The third-order valence-corrected chi connectivity index (χ3v) is 1.67.